The minimum absolute atomic E-state index is 0.853. The van der Waals surface area contributed by atoms with Crippen molar-refractivity contribution < 1.29 is 4.74 Å². The molecule has 36 valence electrons. The molecule has 1 heterocycles. The van der Waals surface area contributed by atoms with Crippen LogP contribution < -0.4 is 0 Å². The highest BCUT2D eigenvalue weighted by Crippen LogP contribution is 2.27. The lowest BCUT2D eigenvalue weighted by molar-refractivity contribution is 0.272. The molecule has 0 N–H and O–H groups in total. The number of fused-ring (bicyclic) bond motifs is 2. The van der Waals surface area contributed by atoms with E-state index < -0.39 is 0 Å². The third kappa shape index (κ3) is 0.322. The van der Waals surface area contributed by atoms with Gasteiger partial charge in [0, 0.05) is 6.42 Å². The Labute approximate surface area is 42.3 Å². The first kappa shape index (κ1) is 3.30. The molecule has 0 aromatic carbocycles. The van der Waals surface area contributed by atoms with Crippen LogP contribution in [0.15, 0.2) is 23.5 Å². The SMILES string of the molecule is C1=C2COC(=C1)C2. The van der Waals surface area contributed by atoms with Gasteiger partial charge in [0.2, 0.25) is 0 Å². The van der Waals surface area contributed by atoms with Crippen molar-refractivity contribution in [1.29, 1.82) is 0 Å². The number of hydrogen-bond acceptors (Lipinski definition) is 1. The molecule has 1 aliphatic carbocycles. The largest absolute Gasteiger partial charge is 0.493 e. The molecule has 2 rings (SSSR count). The Morgan fingerprint density at radius 1 is 1.43 bits per heavy atom. The molecule has 1 nitrogen and oxygen atoms in total. The smallest absolute Gasteiger partial charge is 0.110 e. The van der Waals surface area contributed by atoms with Gasteiger partial charge in [-0.15, -0.1) is 0 Å². The van der Waals surface area contributed by atoms with E-state index in [1.165, 1.54) is 5.57 Å². The standard InChI is InChI=1S/C6H6O/c1-2-6-3-5(1)4-7-6/h1-2H,3-4H2. The average Bonchev–Trinajstić information content (AvgIpc) is 2.22. The Morgan fingerprint density at radius 2 is 2.43 bits per heavy atom. The fraction of sp³-hybridized carbons (Fsp3) is 0.333. The Balaban J connectivity index is 2.45. The minimum Gasteiger partial charge on any atom is -0.493 e. The van der Waals surface area contributed by atoms with Gasteiger partial charge in [-0.05, 0) is 11.6 Å². The first-order valence-corrected chi connectivity index (χ1v) is 2.46. The fourth-order valence-corrected chi connectivity index (χ4v) is 0.936. The predicted molar refractivity (Wildman–Crippen MR) is 26.7 cm³/mol. The van der Waals surface area contributed by atoms with Crippen molar-refractivity contribution in [3.63, 3.8) is 0 Å². The van der Waals surface area contributed by atoms with Gasteiger partial charge < -0.3 is 4.74 Å². The van der Waals surface area contributed by atoms with Gasteiger partial charge in [-0.1, -0.05) is 6.08 Å². The van der Waals surface area contributed by atoms with Gasteiger partial charge in [0.25, 0.3) is 0 Å². The first-order chi connectivity index (χ1) is 3.45. The molecule has 2 bridgehead atoms. The van der Waals surface area contributed by atoms with Crippen LogP contribution in [0.3, 0.4) is 0 Å². The van der Waals surface area contributed by atoms with Gasteiger partial charge in [-0.25, -0.2) is 0 Å². The van der Waals surface area contributed by atoms with Crippen LogP contribution >= 0.6 is 0 Å². The Morgan fingerprint density at radius 3 is 2.57 bits per heavy atom. The van der Waals surface area contributed by atoms with Crippen LogP contribution in [0.2, 0.25) is 0 Å². The Bertz CT molecular complexity index is 136. The van der Waals surface area contributed by atoms with E-state index in [-0.39, 0.29) is 0 Å². The number of ether oxygens (including phenoxy) is 1. The zero-order valence-corrected chi connectivity index (χ0v) is 3.98. The predicted octanol–water partition coefficient (Wildman–Crippen LogP) is 1.23. The second kappa shape index (κ2) is 0.915. The van der Waals surface area contributed by atoms with Gasteiger partial charge in [0.1, 0.15) is 12.4 Å². The van der Waals surface area contributed by atoms with E-state index in [0.29, 0.717) is 0 Å². The van der Waals surface area contributed by atoms with Crippen LogP contribution in [0, 0.1) is 0 Å². The maximum absolute atomic E-state index is 5.14. The molecule has 1 saturated heterocycles. The zero-order valence-electron chi connectivity index (χ0n) is 3.98. The highest BCUT2D eigenvalue weighted by molar-refractivity contribution is 5.31. The number of rotatable bonds is 0. The van der Waals surface area contributed by atoms with E-state index in [1.54, 1.807) is 0 Å². The molecule has 0 atom stereocenters. The molecule has 0 aromatic rings. The lowest BCUT2D eigenvalue weighted by Gasteiger charge is -1.94. The minimum atomic E-state index is 0.853. The Kier molecular flexibility index (Phi) is 0.432. The molecular formula is C6H6O. The topological polar surface area (TPSA) is 9.23 Å². The maximum atomic E-state index is 5.14. The molecule has 0 saturated carbocycles. The van der Waals surface area contributed by atoms with Gasteiger partial charge in [-0.2, -0.15) is 0 Å². The van der Waals surface area contributed by atoms with E-state index in [1.807, 2.05) is 6.08 Å². The maximum Gasteiger partial charge on any atom is 0.110 e. The molecule has 0 spiro atoms. The fourth-order valence-electron chi connectivity index (χ4n) is 0.936. The zero-order chi connectivity index (χ0) is 4.69. The molecule has 0 amide bonds. The summed E-state index contributed by atoms with van der Waals surface area (Å²) in [5, 5.41) is 0. The molecule has 7 heavy (non-hydrogen) atoms. The van der Waals surface area contributed by atoms with E-state index >= 15 is 0 Å². The lowest BCUT2D eigenvalue weighted by Crippen LogP contribution is -1.82. The van der Waals surface area contributed by atoms with Gasteiger partial charge in [-0.3, -0.25) is 0 Å². The molecule has 0 aromatic heterocycles. The third-order valence-corrected chi connectivity index (χ3v) is 1.35. The number of allylic oxidation sites excluding steroid dienone is 3. The summed E-state index contributed by atoms with van der Waals surface area (Å²) < 4.78 is 5.14. The third-order valence-electron chi connectivity index (χ3n) is 1.35. The van der Waals surface area contributed by atoms with Crippen LogP contribution in [0.1, 0.15) is 6.42 Å². The van der Waals surface area contributed by atoms with Crippen LogP contribution in [-0.4, -0.2) is 6.61 Å². The van der Waals surface area contributed by atoms with E-state index in [0.717, 1.165) is 18.8 Å². The molecule has 1 aliphatic heterocycles. The summed E-state index contributed by atoms with van der Waals surface area (Å²) in [6.07, 6.45) is 5.26. The summed E-state index contributed by atoms with van der Waals surface area (Å²) in [5.41, 5.74) is 1.43. The summed E-state index contributed by atoms with van der Waals surface area (Å²) in [7, 11) is 0. The average molecular weight is 94.1 g/mol. The lowest BCUT2D eigenvalue weighted by atomic mass is 10.3. The highest BCUT2D eigenvalue weighted by atomic mass is 16.5. The Hall–Kier alpha value is -0.720. The summed E-state index contributed by atoms with van der Waals surface area (Å²) in [6, 6.07) is 0. The van der Waals surface area contributed by atoms with Gasteiger partial charge in [0.15, 0.2) is 0 Å². The van der Waals surface area contributed by atoms with E-state index in [2.05, 4.69) is 6.08 Å². The number of hydrogen-bond donors (Lipinski definition) is 0. The van der Waals surface area contributed by atoms with Crippen LogP contribution in [-0.2, 0) is 4.74 Å². The van der Waals surface area contributed by atoms with Crippen molar-refractivity contribution in [1.82, 2.24) is 0 Å². The normalized spacial score (nSPS) is 24.0. The summed E-state index contributed by atoms with van der Waals surface area (Å²) in [5.74, 6) is 1.15. The first-order valence-electron chi connectivity index (χ1n) is 2.46. The molecule has 1 heteroatoms. The van der Waals surface area contributed by atoms with E-state index in [9.17, 15) is 0 Å². The molecule has 2 aliphatic rings. The molecule has 1 fully saturated rings. The molecule has 0 radical (unpaired) electrons. The summed E-state index contributed by atoms with van der Waals surface area (Å²) >= 11 is 0. The monoisotopic (exact) mass is 94.0 g/mol. The van der Waals surface area contributed by atoms with Gasteiger partial charge in [0.05, 0.1) is 0 Å². The van der Waals surface area contributed by atoms with Crippen molar-refractivity contribution in [2.75, 3.05) is 6.61 Å². The van der Waals surface area contributed by atoms with Crippen molar-refractivity contribution in [2.45, 2.75) is 6.42 Å². The molecule has 0 unspecified atom stereocenters. The summed E-state index contributed by atoms with van der Waals surface area (Å²) in [6.45, 7) is 0.853. The van der Waals surface area contributed by atoms with Crippen molar-refractivity contribution >= 4 is 0 Å². The van der Waals surface area contributed by atoms with Crippen molar-refractivity contribution in [3.8, 4) is 0 Å². The van der Waals surface area contributed by atoms with Crippen LogP contribution in [0.5, 0.6) is 0 Å². The van der Waals surface area contributed by atoms with Crippen molar-refractivity contribution in [2.24, 2.45) is 0 Å². The highest BCUT2D eigenvalue weighted by Gasteiger charge is 2.16. The second-order valence-electron chi connectivity index (χ2n) is 1.92. The summed E-state index contributed by atoms with van der Waals surface area (Å²) in [4.78, 5) is 0. The second-order valence-corrected chi connectivity index (χ2v) is 1.92. The van der Waals surface area contributed by atoms with Crippen molar-refractivity contribution in [3.05, 3.63) is 23.5 Å². The van der Waals surface area contributed by atoms with E-state index in [4.69, 9.17) is 4.74 Å². The molecular weight excluding hydrogens is 88.1 g/mol. The van der Waals surface area contributed by atoms with Crippen LogP contribution in [0.25, 0.3) is 0 Å². The quantitative estimate of drug-likeness (QED) is 0.438. The van der Waals surface area contributed by atoms with Gasteiger partial charge >= 0.3 is 0 Å². The van der Waals surface area contributed by atoms with Crippen LogP contribution in [0.4, 0.5) is 0 Å².